The first-order chi connectivity index (χ1) is 10.9. The molecule has 0 heterocycles. The van der Waals surface area contributed by atoms with Crippen LogP contribution in [0.3, 0.4) is 0 Å². The van der Waals surface area contributed by atoms with Crippen LogP contribution in [0.4, 0.5) is 10.1 Å². The second kappa shape index (κ2) is 8.08. The van der Waals surface area contributed by atoms with Crippen LogP contribution in [0.5, 0.6) is 0 Å². The molecule has 1 amide bonds. The number of carbonyl (C=O) groups is 2. The lowest BCUT2D eigenvalue weighted by atomic mass is 10.1. The first-order valence-corrected chi connectivity index (χ1v) is 7.76. The molecular weight excluding hydrogens is 389 g/mol. The third kappa shape index (κ3) is 5.65. The minimum Gasteiger partial charge on any atom is -0.455 e. The van der Waals surface area contributed by atoms with Crippen molar-refractivity contribution in [2.24, 2.45) is 0 Å². The van der Waals surface area contributed by atoms with Crippen molar-refractivity contribution < 1.29 is 18.7 Å². The summed E-state index contributed by atoms with van der Waals surface area (Å²) in [4.78, 5) is 23.3. The fourth-order valence-corrected chi connectivity index (χ4v) is 2.20. The summed E-state index contributed by atoms with van der Waals surface area (Å²) < 4.78 is 19.0. The fraction of sp³-hybridized carbons (Fsp3) is 0.125. The Morgan fingerprint density at radius 2 is 1.87 bits per heavy atom. The van der Waals surface area contributed by atoms with E-state index < -0.39 is 24.3 Å². The average Bonchev–Trinajstić information content (AvgIpc) is 2.50. The molecule has 0 aliphatic heterocycles. The monoisotopic (exact) mass is 399 g/mol. The van der Waals surface area contributed by atoms with E-state index in [1.54, 1.807) is 30.3 Å². The summed E-state index contributed by atoms with van der Waals surface area (Å²) in [6.45, 7) is -0.484. The smallest absolute Gasteiger partial charge is 0.310 e. The van der Waals surface area contributed by atoms with Gasteiger partial charge in [-0.2, -0.15) is 0 Å². The molecule has 120 valence electrons. The van der Waals surface area contributed by atoms with Gasteiger partial charge in [0.2, 0.25) is 0 Å². The fourth-order valence-electron chi connectivity index (χ4n) is 1.74. The predicted octanol–water partition coefficient (Wildman–Crippen LogP) is 3.97. The summed E-state index contributed by atoms with van der Waals surface area (Å²) in [5.41, 5.74) is 0.741. The van der Waals surface area contributed by atoms with Crippen molar-refractivity contribution in [1.29, 1.82) is 0 Å². The maximum Gasteiger partial charge on any atom is 0.310 e. The summed E-state index contributed by atoms with van der Waals surface area (Å²) in [6, 6.07) is 10.9. The molecule has 4 nitrogen and oxygen atoms in total. The van der Waals surface area contributed by atoms with Crippen LogP contribution in [0.15, 0.2) is 46.9 Å². The summed E-state index contributed by atoms with van der Waals surface area (Å²) in [6.07, 6.45) is 0.0249. The highest BCUT2D eigenvalue weighted by Gasteiger charge is 2.11. The van der Waals surface area contributed by atoms with Gasteiger partial charge in [0, 0.05) is 9.50 Å². The number of rotatable bonds is 5. The lowest BCUT2D eigenvalue weighted by Gasteiger charge is -2.08. The van der Waals surface area contributed by atoms with E-state index >= 15 is 0 Å². The molecule has 0 unspecified atom stereocenters. The molecule has 2 aromatic rings. The maximum absolute atomic E-state index is 13.6. The lowest BCUT2D eigenvalue weighted by Crippen LogP contribution is -2.22. The van der Waals surface area contributed by atoms with Crippen molar-refractivity contribution >= 4 is 45.1 Å². The Labute approximate surface area is 145 Å². The molecule has 0 saturated heterocycles. The van der Waals surface area contributed by atoms with Crippen LogP contribution in [-0.4, -0.2) is 18.5 Å². The van der Waals surface area contributed by atoms with Crippen LogP contribution in [-0.2, 0) is 20.7 Å². The largest absolute Gasteiger partial charge is 0.455 e. The molecule has 0 aliphatic rings. The van der Waals surface area contributed by atoms with Crippen LogP contribution in [0.2, 0.25) is 5.02 Å². The number of hydrogen-bond acceptors (Lipinski definition) is 3. The normalized spacial score (nSPS) is 10.2. The Bertz CT molecular complexity index is 722. The van der Waals surface area contributed by atoms with Crippen molar-refractivity contribution in [2.75, 3.05) is 11.9 Å². The molecule has 0 bridgehead atoms. The maximum atomic E-state index is 13.6. The Morgan fingerprint density at radius 1 is 1.17 bits per heavy atom. The molecule has 0 aliphatic carbocycles. The zero-order chi connectivity index (χ0) is 16.8. The second-order valence-corrected chi connectivity index (χ2v) is 5.99. The first kappa shape index (κ1) is 17.4. The van der Waals surface area contributed by atoms with E-state index in [1.807, 2.05) is 0 Å². The highest BCUT2D eigenvalue weighted by Crippen LogP contribution is 2.19. The van der Waals surface area contributed by atoms with Crippen molar-refractivity contribution in [2.45, 2.75) is 6.42 Å². The number of amides is 1. The second-order valence-electron chi connectivity index (χ2n) is 4.64. The third-order valence-electron chi connectivity index (χ3n) is 2.83. The van der Waals surface area contributed by atoms with E-state index in [0.29, 0.717) is 9.50 Å². The number of benzene rings is 2. The number of ether oxygens (including phenoxy) is 1. The number of carbonyl (C=O) groups excluding carboxylic acids is 2. The molecule has 2 aromatic carbocycles. The Morgan fingerprint density at radius 3 is 2.52 bits per heavy atom. The van der Waals surface area contributed by atoms with E-state index in [2.05, 4.69) is 21.2 Å². The Balaban J connectivity index is 1.81. The molecule has 0 atom stereocenters. The highest BCUT2D eigenvalue weighted by atomic mass is 79.9. The summed E-state index contributed by atoms with van der Waals surface area (Å²) in [7, 11) is 0. The minimum atomic E-state index is -0.615. The van der Waals surface area contributed by atoms with Crippen molar-refractivity contribution in [3.05, 3.63) is 63.3 Å². The van der Waals surface area contributed by atoms with E-state index in [0.717, 1.165) is 5.56 Å². The number of halogens is 3. The number of esters is 1. The zero-order valence-electron chi connectivity index (χ0n) is 11.8. The van der Waals surface area contributed by atoms with E-state index in [4.69, 9.17) is 16.3 Å². The van der Waals surface area contributed by atoms with Gasteiger partial charge < -0.3 is 10.1 Å². The first-order valence-electron chi connectivity index (χ1n) is 6.59. The van der Waals surface area contributed by atoms with Gasteiger partial charge in [0.15, 0.2) is 6.61 Å². The molecule has 0 spiro atoms. The van der Waals surface area contributed by atoms with Gasteiger partial charge in [0.05, 0.1) is 12.1 Å². The quantitative estimate of drug-likeness (QED) is 0.773. The van der Waals surface area contributed by atoms with Gasteiger partial charge in [-0.15, -0.1) is 0 Å². The molecule has 0 radical (unpaired) electrons. The average molecular weight is 401 g/mol. The van der Waals surface area contributed by atoms with Crippen molar-refractivity contribution in [3.8, 4) is 0 Å². The van der Waals surface area contributed by atoms with Crippen LogP contribution in [0.25, 0.3) is 0 Å². The number of anilines is 1. The molecule has 7 heteroatoms. The van der Waals surface area contributed by atoms with Crippen molar-refractivity contribution in [1.82, 2.24) is 0 Å². The SMILES string of the molecule is O=C(COC(=O)Cc1ccc(Cl)cc1)Nc1ccc(Br)cc1F. The van der Waals surface area contributed by atoms with Gasteiger partial charge in [-0.25, -0.2) is 4.39 Å². The predicted molar refractivity (Wildman–Crippen MR) is 88.8 cm³/mol. The molecule has 0 fully saturated rings. The lowest BCUT2D eigenvalue weighted by molar-refractivity contribution is -0.146. The van der Waals surface area contributed by atoms with Gasteiger partial charge in [0.25, 0.3) is 5.91 Å². The van der Waals surface area contributed by atoms with E-state index in [1.165, 1.54) is 12.1 Å². The molecule has 0 aromatic heterocycles. The Hall–Kier alpha value is -1.92. The summed E-state index contributed by atoms with van der Waals surface area (Å²) in [5, 5.41) is 2.90. The molecule has 23 heavy (non-hydrogen) atoms. The minimum absolute atomic E-state index is 0.0203. The van der Waals surface area contributed by atoms with E-state index in [9.17, 15) is 14.0 Å². The van der Waals surface area contributed by atoms with Gasteiger partial charge in [-0.3, -0.25) is 9.59 Å². The van der Waals surface area contributed by atoms with Crippen molar-refractivity contribution in [3.63, 3.8) is 0 Å². The molecule has 0 saturated carbocycles. The van der Waals surface area contributed by atoms with Crippen LogP contribution >= 0.6 is 27.5 Å². The topological polar surface area (TPSA) is 55.4 Å². The highest BCUT2D eigenvalue weighted by molar-refractivity contribution is 9.10. The number of nitrogens with one attached hydrogen (secondary N) is 1. The Kier molecular flexibility index (Phi) is 6.12. The molecule has 1 N–H and O–H groups in total. The van der Waals surface area contributed by atoms with Gasteiger partial charge in [-0.1, -0.05) is 39.7 Å². The zero-order valence-corrected chi connectivity index (χ0v) is 14.2. The molecule has 2 rings (SSSR count). The summed E-state index contributed by atoms with van der Waals surface area (Å²) in [5.74, 6) is -1.75. The van der Waals surface area contributed by atoms with Gasteiger partial charge in [0.1, 0.15) is 5.82 Å². The number of hydrogen-bond donors (Lipinski definition) is 1. The van der Waals surface area contributed by atoms with Crippen LogP contribution < -0.4 is 5.32 Å². The van der Waals surface area contributed by atoms with Crippen LogP contribution in [0.1, 0.15) is 5.56 Å². The van der Waals surface area contributed by atoms with Gasteiger partial charge >= 0.3 is 5.97 Å². The van der Waals surface area contributed by atoms with E-state index in [-0.39, 0.29) is 12.1 Å². The third-order valence-corrected chi connectivity index (χ3v) is 3.58. The van der Waals surface area contributed by atoms with Gasteiger partial charge in [-0.05, 0) is 35.9 Å². The standard InChI is InChI=1S/C16H12BrClFNO3/c17-11-3-6-14(13(19)8-11)20-15(21)9-23-16(22)7-10-1-4-12(18)5-2-10/h1-6,8H,7,9H2,(H,20,21). The summed E-state index contributed by atoms with van der Waals surface area (Å²) >= 11 is 8.87. The van der Waals surface area contributed by atoms with Crippen LogP contribution in [0, 0.1) is 5.82 Å². The molecular formula is C16H12BrClFNO3.